The number of amides is 2. The molecule has 3 heterocycles. The quantitative estimate of drug-likeness (QED) is 0.615. The van der Waals surface area contributed by atoms with Crippen molar-refractivity contribution in [2.45, 2.75) is 19.6 Å². The minimum Gasteiger partial charge on any atom is -0.325 e. The Kier molecular flexibility index (Phi) is 5.18. The fourth-order valence-electron chi connectivity index (χ4n) is 3.35. The highest BCUT2D eigenvalue weighted by Gasteiger charge is 2.31. The van der Waals surface area contributed by atoms with Crippen molar-refractivity contribution in [3.8, 4) is 11.3 Å². The van der Waals surface area contributed by atoms with Crippen LogP contribution < -0.4 is 10.2 Å². The Hall–Kier alpha value is -3.40. The summed E-state index contributed by atoms with van der Waals surface area (Å²) in [5, 5.41) is 6.81. The van der Waals surface area contributed by atoms with E-state index < -0.39 is 23.6 Å². The lowest BCUT2D eigenvalue weighted by Crippen LogP contribution is -2.39. The molecule has 0 saturated carbocycles. The van der Waals surface area contributed by atoms with Crippen molar-refractivity contribution < 1.29 is 22.8 Å². The van der Waals surface area contributed by atoms with E-state index in [1.54, 1.807) is 19.1 Å². The van der Waals surface area contributed by atoms with Crippen LogP contribution in [0.2, 0.25) is 5.15 Å². The van der Waals surface area contributed by atoms with Crippen molar-refractivity contribution in [3.63, 3.8) is 0 Å². The molecule has 1 aromatic carbocycles. The van der Waals surface area contributed by atoms with E-state index in [9.17, 15) is 22.8 Å². The number of nitrogens with zero attached hydrogens (tertiary/aromatic N) is 4. The summed E-state index contributed by atoms with van der Waals surface area (Å²) in [7, 11) is 0. The Morgan fingerprint density at radius 1 is 1.23 bits per heavy atom. The molecule has 1 N–H and O–H groups in total. The third-order valence-corrected chi connectivity index (χ3v) is 5.00. The van der Waals surface area contributed by atoms with Gasteiger partial charge in [0.05, 0.1) is 22.5 Å². The fraction of sp³-hybridized carbons (Fsp3) is 0.200. The van der Waals surface area contributed by atoms with Gasteiger partial charge in [-0.25, -0.2) is 4.98 Å². The molecule has 0 saturated heterocycles. The van der Waals surface area contributed by atoms with Gasteiger partial charge in [-0.05, 0) is 43.3 Å². The first kappa shape index (κ1) is 20.9. The largest absolute Gasteiger partial charge is 0.416 e. The van der Waals surface area contributed by atoms with Gasteiger partial charge in [0, 0.05) is 17.6 Å². The van der Waals surface area contributed by atoms with Crippen molar-refractivity contribution in [1.29, 1.82) is 0 Å². The van der Waals surface area contributed by atoms with Gasteiger partial charge in [-0.15, -0.1) is 0 Å². The first-order valence-electron chi connectivity index (χ1n) is 9.10. The van der Waals surface area contributed by atoms with Gasteiger partial charge in [0.25, 0.3) is 0 Å². The molecule has 31 heavy (non-hydrogen) atoms. The Labute approximate surface area is 179 Å². The van der Waals surface area contributed by atoms with Crippen molar-refractivity contribution in [2.75, 3.05) is 16.8 Å². The molecule has 0 fully saturated rings. The summed E-state index contributed by atoms with van der Waals surface area (Å²) in [6.07, 6.45) is -2.93. The number of aromatic nitrogens is 3. The number of anilines is 2. The molecule has 2 amide bonds. The number of hydrogen-bond donors (Lipinski definition) is 1. The number of fused-ring (bicyclic) bond motifs is 3. The van der Waals surface area contributed by atoms with Crippen LogP contribution in [0.15, 0.2) is 42.6 Å². The number of alkyl halides is 3. The van der Waals surface area contributed by atoms with Crippen LogP contribution in [-0.2, 0) is 22.3 Å². The molecule has 160 valence electrons. The van der Waals surface area contributed by atoms with Crippen molar-refractivity contribution in [2.24, 2.45) is 0 Å². The maximum Gasteiger partial charge on any atom is 0.416 e. The molecule has 1 aliphatic heterocycles. The van der Waals surface area contributed by atoms with Crippen molar-refractivity contribution in [3.05, 3.63) is 59.0 Å². The van der Waals surface area contributed by atoms with E-state index in [1.165, 1.54) is 15.8 Å². The lowest BCUT2D eigenvalue weighted by atomic mass is 10.1. The molecule has 3 aromatic rings. The lowest BCUT2D eigenvalue weighted by Gasteiger charge is -2.23. The fourth-order valence-corrected chi connectivity index (χ4v) is 3.67. The van der Waals surface area contributed by atoms with Gasteiger partial charge >= 0.3 is 6.18 Å². The molecule has 0 spiro atoms. The normalized spacial score (nSPS) is 13.5. The van der Waals surface area contributed by atoms with Gasteiger partial charge in [-0.2, -0.15) is 18.3 Å². The first-order valence-corrected chi connectivity index (χ1v) is 9.48. The number of pyridine rings is 1. The summed E-state index contributed by atoms with van der Waals surface area (Å²) in [5.41, 5.74) is 1.37. The summed E-state index contributed by atoms with van der Waals surface area (Å²) >= 11 is 6.35. The topological polar surface area (TPSA) is 80.1 Å². The Morgan fingerprint density at radius 2 is 1.94 bits per heavy atom. The average molecular weight is 450 g/mol. The van der Waals surface area contributed by atoms with E-state index in [0.717, 1.165) is 24.3 Å². The highest BCUT2D eigenvalue weighted by atomic mass is 35.5. The molecular weight excluding hydrogens is 435 g/mol. The van der Waals surface area contributed by atoms with E-state index in [2.05, 4.69) is 15.4 Å². The van der Waals surface area contributed by atoms with Gasteiger partial charge in [-0.1, -0.05) is 11.6 Å². The minimum absolute atomic E-state index is 0.111. The number of aryl methyl sites for hydroxylation is 1. The average Bonchev–Trinajstić information content (AvgIpc) is 3.08. The van der Waals surface area contributed by atoms with Gasteiger partial charge < -0.3 is 10.2 Å². The van der Waals surface area contributed by atoms with Gasteiger partial charge in [0.2, 0.25) is 11.8 Å². The van der Waals surface area contributed by atoms with Crippen molar-refractivity contribution >= 4 is 34.8 Å². The maximum absolute atomic E-state index is 12.9. The molecule has 0 aliphatic carbocycles. The summed E-state index contributed by atoms with van der Waals surface area (Å²) in [4.78, 5) is 31.0. The monoisotopic (exact) mass is 449 g/mol. The number of rotatable bonds is 3. The molecular formula is C20H15ClF3N5O2. The van der Waals surface area contributed by atoms with Crippen LogP contribution in [0.1, 0.15) is 11.3 Å². The first-order chi connectivity index (χ1) is 14.6. The third-order valence-electron chi connectivity index (χ3n) is 4.73. The Balaban J connectivity index is 1.62. The van der Waals surface area contributed by atoms with Crippen LogP contribution in [0.25, 0.3) is 11.3 Å². The second kappa shape index (κ2) is 7.69. The van der Waals surface area contributed by atoms with Crippen LogP contribution in [-0.4, -0.2) is 33.1 Å². The Morgan fingerprint density at radius 3 is 2.61 bits per heavy atom. The van der Waals surface area contributed by atoms with Gasteiger partial charge in [0.1, 0.15) is 18.2 Å². The molecule has 0 radical (unpaired) electrons. The number of hydrogen-bond acceptors (Lipinski definition) is 4. The number of carbonyl (C=O) groups excluding carboxylic acids is 2. The van der Waals surface area contributed by atoms with Crippen molar-refractivity contribution in [1.82, 2.24) is 14.8 Å². The van der Waals surface area contributed by atoms with E-state index >= 15 is 0 Å². The Bertz CT molecular complexity index is 1170. The van der Waals surface area contributed by atoms with Crippen LogP contribution in [0.3, 0.4) is 0 Å². The predicted octanol–water partition coefficient (Wildman–Crippen LogP) is 3.91. The highest BCUT2D eigenvalue weighted by Crippen LogP contribution is 2.38. The third kappa shape index (κ3) is 4.11. The number of nitrogens with one attached hydrogen (secondary N) is 1. The smallest absolute Gasteiger partial charge is 0.325 e. The lowest BCUT2D eigenvalue weighted by molar-refractivity contribution is -0.137. The van der Waals surface area contributed by atoms with Crippen LogP contribution in [0.5, 0.6) is 0 Å². The molecule has 4 rings (SSSR count). The number of halogens is 4. The predicted molar refractivity (Wildman–Crippen MR) is 108 cm³/mol. The zero-order valence-electron chi connectivity index (χ0n) is 16.1. The zero-order chi connectivity index (χ0) is 22.3. The van der Waals surface area contributed by atoms with Crippen LogP contribution in [0.4, 0.5) is 24.5 Å². The summed E-state index contributed by atoms with van der Waals surface area (Å²) in [6, 6.07) is 7.39. The molecule has 0 bridgehead atoms. The van der Waals surface area contributed by atoms with E-state index in [1.807, 2.05) is 0 Å². The van der Waals surface area contributed by atoms with E-state index in [0.29, 0.717) is 22.6 Å². The summed E-state index contributed by atoms with van der Waals surface area (Å²) < 4.78 is 39.6. The molecule has 0 unspecified atom stereocenters. The second-order valence-electron chi connectivity index (χ2n) is 6.93. The molecule has 0 atom stereocenters. The molecule has 2 aromatic heterocycles. The standard InChI is InChI=1S/C20H15ClF3N5O2/c1-11-8-15-18(19(21)26-11)14-6-7-25-29(14)10-17(31)28(15)9-16(30)27-13-4-2-12(3-5-13)20(22,23)24/h2-8H,9-10H2,1H3,(H,27,30). The minimum atomic E-state index is -4.47. The SMILES string of the molecule is Cc1cc2c(c(Cl)n1)-c1ccnn1CC(=O)N2CC(=O)Nc1ccc(C(F)(F)F)cc1. The van der Waals surface area contributed by atoms with Crippen LogP contribution >= 0.6 is 11.6 Å². The molecule has 7 nitrogen and oxygen atoms in total. The number of benzene rings is 1. The van der Waals surface area contributed by atoms with Gasteiger partial charge in [0.15, 0.2) is 0 Å². The zero-order valence-corrected chi connectivity index (χ0v) is 16.8. The highest BCUT2D eigenvalue weighted by molar-refractivity contribution is 6.33. The van der Waals surface area contributed by atoms with E-state index in [-0.39, 0.29) is 23.9 Å². The molecule has 11 heteroatoms. The summed E-state index contributed by atoms with van der Waals surface area (Å²) in [5.74, 6) is -0.975. The van der Waals surface area contributed by atoms with Gasteiger partial charge in [-0.3, -0.25) is 14.3 Å². The maximum atomic E-state index is 12.9. The second-order valence-corrected chi connectivity index (χ2v) is 7.28. The summed E-state index contributed by atoms with van der Waals surface area (Å²) in [6.45, 7) is 1.23. The van der Waals surface area contributed by atoms with E-state index in [4.69, 9.17) is 11.6 Å². The molecule has 1 aliphatic rings. The van der Waals surface area contributed by atoms with Crippen LogP contribution in [0, 0.1) is 6.92 Å². The number of carbonyl (C=O) groups is 2.